The molecule has 6 nitrogen and oxygen atoms in total. The molecule has 20 heavy (non-hydrogen) atoms. The first-order chi connectivity index (χ1) is 9.45. The predicted octanol–water partition coefficient (Wildman–Crippen LogP) is 1.49. The zero-order valence-corrected chi connectivity index (χ0v) is 12.3. The molecule has 0 spiro atoms. The van der Waals surface area contributed by atoms with Crippen molar-refractivity contribution in [2.45, 2.75) is 32.7 Å². The second kappa shape index (κ2) is 7.96. The third-order valence-corrected chi connectivity index (χ3v) is 4.69. The average molecular weight is 300 g/mol. The summed E-state index contributed by atoms with van der Waals surface area (Å²) >= 11 is 0. The molecule has 0 bridgehead atoms. The number of carboxylic acids is 1. The Labute approximate surface area is 119 Å². The van der Waals surface area contributed by atoms with Crippen molar-refractivity contribution in [1.29, 1.82) is 0 Å². The van der Waals surface area contributed by atoms with E-state index in [-0.39, 0.29) is 25.3 Å². The Kier molecular flexibility index (Phi) is 6.60. The van der Waals surface area contributed by atoms with Gasteiger partial charge in [0.05, 0.1) is 24.4 Å². The summed E-state index contributed by atoms with van der Waals surface area (Å²) in [6.45, 7) is 1.99. The molecule has 1 rings (SSSR count). The zero-order chi connectivity index (χ0) is 15.0. The SMILES string of the molecule is CCCCS(=O)(=O)N(CCC(=O)O)Cc1ccccn1. The highest BCUT2D eigenvalue weighted by Crippen LogP contribution is 2.11. The molecule has 0 aliphatic carbocycles. The fourth-order valence-corrected chi connectivity index (χ4v) is 3.28. The predicted molar refractivity (Wildman–Crippen MR) is 75.6 cm³/mol. The van der Waals surface area contributed by atoms with Gasteiger partial charge in [0.15, 0.2) is 0 Å². The molecule has 0 saturated carbocycles. The van der Waals surface area contributed by atoms with Crippen molar-refractivity contribution in [2.24, 2.45) is 0 Å². The number of rotatable bonds is 9. The summed E-state index contributed by atoms with van der Waals surface area (Å²) in [5, 5.41) is 8.73. The van der Waals surface area contributed by atoms with Crippen LogP contribution in [0.3, 0.4) is 0 Å². The van der Waals surface area contributed by atoms with E-state index in [0.717, 1.165) is 6.42 Å². The van der Waals surface area contributed by atoms with E-state index in [4.69, 9.17) is 5.11 Å². The summed E-state index contributed by atoms with van der Waals surface area (Å²) < 4.78 is 25.6. The number of unbranched alkanes of at least 4 members (excludes halogenated alkanes) is 1. The summed E-state index contributed by atoms with van der Waals surface area (Å²) in [6, 6.07) is 5.25. The van der Waals surface area contributed by atoms with Gasteiger partial charge in [0.2, 0.25) is 10.0 Å². The molecule has 7 heteroatoms. The zero-order valence-electron chi connectivity index (χ0n) is 11.5. The molecule has 1 heterocycles. The molecule has 0 amide bonds. The van der Waals surface area contributed by atoms with Crippen molar-refractivity contribution in [3.8, 4) is 0 Å². The Bertz CT molecular complexity index is 516. The maximum absolute atomic E-state index is 12.2. The summed E-state index contributed by atoms with van der Waals surface area (Å²) in [5.41, 5.74) is 0.609. The minimum absolute atomic E-state index is 0.0298. The number of pyridine rings is 1. The molecule has 0 radical (unpaired) electrons. The molecule has 1 aromatic rings. The Morgan fingerprint density at radius 1 is 1.40 bits per heavy atom. The molecule has 0 aromatic carbocycles. The lowest BCUT2D eigenvalue weighted by atomic mass is 10.3. The van der Waals surface area contributed by atoms with Gasteiger partial charge < -0.3 is 5.11 Å². The number of carboxylic acid groups (broad SMARTS) is 1. The fourth-order valence-electron chi connectivity index (χ4n) is 1.67. The fraction of sp³-hybridized carbons (Fsp3) is 0.538. The minimum atomic E-state index is -3.45. The summed E-state index contributed by atoms with van der Waals surface area (Å²) in [5.74, 6) is -0.975. The number of nitrogens with zero attached hydrogens (tertiary/aromatic N) is 2. The standard InChI is InChI=1S/C13H20N2O4S/c1-2-3-10-20(18,19)15(9-7-13(16)17)11-12-6-4-5-8-14-12/h4-6,8H,2-3,7,9-11H2,1H3,(H,16,17). The van der Waals surface area contributed by atoms with Crippen molar-refractivity contribution in [2.75, 3.05) is 12.3 Å². The molecule has 0 fully saturated rings. The molecule has 112 valence electrons. The van der Waals surface area contributed by atoms with Gasteiger partial charge in [-0.15, -0.1) is 0 Å². The highest BCUT2D eigenvalue weighted by molar-refractivity contribution is 7.89. The maximum atomic E-state index is 12.2. The van der Waals surface area contributed by atoms with Gasteiger partial charge >= 0.3 is 5.97 Å². The molecule has 0 atom stereocenters. The van der Waals surface area contributed by atoms with Crippen LogP contribution in [0.25, 0.3) is 0 Å². The molecule has 0 aliphatic heterocycles. The number of aliphatic carboxylic acids is 1. The Morgan fingerprint density at radius 3 is 2.70 bits per heavy atom. The van der Waals surface area contributed by atoms with Crippen LogP contribution >= 0.6 is 0 Å². The van der Waals surface area contributed by atoms with Crippen molar-refractivity contribution in [3.63, 3.8) is 0 Å². The first-order valence-corrected chi connectivity index (χ1v) is 8.16. The van der Waals surface area contributed by atoms with Gasteiger partial charge in [0.25, 0.3) is 0 Å². The number of sulfonamides is 1. The number of hydrogen-bond donors (Lipinski definition) is 1. The van der Waals surface area contributed by atoms with E-state index in [1.54, 1.807) is 24.4 Å². The van der Waals surface area contributed by atoms with Gasteiger partial charge in [-0.25, -0.2) is 8.42 Å². The lowest BCUT2D eigenvalue weighted by Gasteiger charge is -2.21. The average Bonchev–Trinajstić information content (AvgIpc) is 2.42. The third kappa shape index (κ3) is 5.66. The van der Waals surface area contributed by atoms with Crippen molar-refractivity contribution in [1.82, 2.24) is 9.29 Å². The summed E-state index contributed by atoms with van der Waals surface area (Å²) in [6.07, 6.45) is 2.71. The molecule has 0 saturated heterocycles. The van der Waals surface area contributed by atoms with Crippen LogP contribution in [0.5, 0.6) is 0 Å². The number of hydrogen-bond acceptors (Lipinski definition) is 4. The van der Waals surface area contributed by atoms with Gasteiger partial charge in [-0.05, 0) is 18.6 Å². The van der Waals surface area contributed by atoms with Gasteiger partial charge in [-0.1, -0.05) is 19.4 Å². The van der Waals surface area contributed by atoms with Crippen LogP contribution in [0, 0.1) is 0 Å². The first kappa shape index (κ1) is 16.6. The minimum Gasteiger partial charge on any atom is -0.481 e. The van der Waals surface area contributed by atoms with Crippen molar-refractivity contribution in [3.05, 3.63) is 30.1 Å². The lowest BCUT2D eigenvalue weighted by molar-refractivity contribution is -0.137. The van der Waals surface area contributed by atoms with Crippen LogP contribution in [0.4, 0.5) is 0 Å². The molecular weight excluding hydrogens is 280 g/mol. The molecule has 0 unspecified atom stereocenters. The van der Waals surface area contributed by atoms with E-state index >= 15 is 0 Å². The molecular formula is C13H20N2O4S. The van der Waals surface area contributed by atoms with E-state index in [0.29, 0.717) is 12.1 Å². The van der Waals surface area contributed by atoms with Gasteiger partial charge in [0.1, 0.15) is 0 Å². The second-order valence-corrected chi connectivity index (χ2v) is 6.56. The van der Waals surface area contributed by atoms with Crippen LogP contribution in [-0.4, -0.2) is 41.1 Å². The first-order valence-electron chi connectivity index (χ1n) is 6.55. The van der Waals surface area contributed by atoms with Crippen molar-refractivity contribution < 1.29 is 18.3 Å². The highest BCUT2D eigenvalue weighted by atomic mass is 32.2. The Balaban J connectivity index is 2.81. The van der Waals surface area contributed by atoms with Gasteiger partial charge in [0, 0.05) is 12.7 Å². The Hall–Kier alpha value is -1.47. The third-order valence-electron chi connectivity index (χ3n) is 2.79. The van der Waals surface area contributed by atoms with E-state index < -0.39 is 16.0 Å². The van der Waals surface area contributed by atoms with Crippen LogP contribution in [-0.2, 0) is 21.4 Å². The van der Waals surface area contributed by atoms with Crippen LogP contribution in [0.2, 0.25) is 0 Å². The molecule has 0 aliphatic rings. The van der Waals surface area contributed by atoms with E-state index in [1.165, 1.54) is 4.31 Å². The van der Waals surface area contributed by atoms with Gasteiger partial charge in [-0.3, -0.25) is 9.78 Å². The normalized spacial score (nSPS) is 11.7. The topological polar surface area (TPSA) is 87.6 Å². The number of carbonyl (C=O) groups is 1. The van der Waals surface area contributed by atoms with Crippen molar-refractivity contribution >= 4 is 16.0 Å². The Morgan fingerprint density at radius 2 is 2.15 bits per heavy atom. The van der Waals surface area contributed by atoms with Crippen LogP contribution in [0.15, 0.2) is 24.4 Å². The molecule has 1 N–H and O–H groups in total. The quantitative estimate of drug-likeness (QED) is 0.746. The van der Waals surface area contributed by atoms with Crippen LogP contribution in [0.1, 0.15) is 31.9 Å². The van der Waals surface area contributed by atoms with E-state index in [2.05, 4.69) is 4.98 Å². The summed E-state index contributed by atoms with van der Waals surface area (Å²) in [7, 11) is -3.45. The van der Waals surface area contributed by atoms with E-state index in [9.17, 15) is 13.2 Å². The summed E-state index contributed by atoms with van der Waals surface area (Å²) in [4.78, 5) is 14.7. The van der Waals surface area contributed by atoms with Crippen LogP contribution < -0.4 is 0 Å². The van der Waals surface area contributed by atoms with Gasteiger partial charge in [-0.2, -0.15) is 4.31 Å². The monoisotopic (exact) mass is 300 g/mol. The number of aromatic nitrogens is 1. The highest BCUT2D eigenvalue weighted by Gasteiger charge is 2.22. The second-order valence-electron chi connectivity index (χ2n) is 4.47. The lowest BCUT2D eigenvalue weighted by Crippen LogP contribution is -2.34. The molecule has 1 aromatic heterocycles. The maximum Gasteiger partial charge on any atom is 0.304 e. The van der Waals surface area contributed by atoms with E-state index in [1.807, 2.05) is 6.92 Å². The largest absolute Gasteiger partial charge is 0.481 e. The smallest absolute Gasteiger partial charge is 0.304 e.